The van der Waals surface area contributed by atoms with Crippen molar-refractivity contribution in [2.75, 3.05) is 11.9 Å². The van der Waals surface area contributed by atoms with Crippen molar-refractivity contribution in [2.45, 2.75) is 13.0 Å². The van der Waals surface area contributed by atoms with Crippen molar-refractivity contribution in [3.8, 4) is 0 Å². The molecule has 1 N–H and O–H groups in total. The molecule has 2 aromatic rings. The fraction of sp³-hybridized carbons (Fsp3) is 0.300. The highest BCUT2D eigenvalue weighted by atomic mass is 79.9. The zero-order chi connectivity index (χ0) is 11.2. The zero-order valence-electron chi connectivity index (χ0n) is 8.67. The van der Waals surface area contributed by atoms with Gasteiger partial charge in [-0.3, -0.25) is 9.67 Å². The Hall–Kier alpha value is -1.43. The Morgan fingerprint density at radius 2 is 2.31 bits per heavy atom. The van der Waals surface area contributed by atoms with Gasteiger partial charge in [0, 0.05) is 30.0 Å². The van der Waals surface area contributed by atoms with Crippen LogP contribution >= 0.6 is 15.9 Å². The van der Waals surface area contributed by atoms with Gasteiger partial charge in [0.05, 0.1) is 18.1 Å². The van der Waals surface area contributed by atoms with Crippen molar-refractivity contribution in [1.29, 1.82) is 0 Å². The molecule has 0 aromatic carbocycles. The molecule has 0 aliphatic carbocycles. The number of aromatic nitrogens is 4. The Balaban J connectivity index is 1.72. The van der Waals surface area contributed by atoms with Gasteiger partial charge < -0.3 is 5.32 Å². The predicted molar refractivity (Wildman–Crippen MR) is 65.1 cm³/mol. The van der Waals surface area contributed by atoms with Crippen LogP contribution in [0.3, 0.4) is 0 Å². The topological polar surface area (TPSA) is 55.6 Å². The summed E-state index contributed by atoms with van der Waals surface area (Å²) >= 11 is 3.38. The number of rotatable bonds is 5. The molecular weight excluding hydrogens is 270 g/mol. The van der Waals surface area contributed by atoms with Crippen molar-refractivity contribution < 1.29 is 0 Å². The van der Waals surface area contributed by atoms with Gasteiger partial charge in [0.2, 0.25) is 0 Å². The van der Waals surface area contributed by atoms with Gasteiger partial charge in [-0.05, 0) is 28.4 Å². The monoisotopic (exact) mass is 281 g/mol. The standard InChI is InChI=1S/C10H12BrN5/c11-9-6-10(8-12-7-9)13-2-1-4-16-5-3-14-15-16/h3,5-8,13H,1-2,4H2. The minimum absolute atomic E-state index is 0.869. The number of nitrogens with one attached hydrogen (secondary N) is 1. The molecule has 0 amide bonds. The molecule has 0 saturated heterocycles. The third kappa shape index (κ3) is 3.30. The maximum atomic E-state index is 4.08. The van der Waals surface area contributed by atoms with Gasteiger partial charge in [0.15, 0.2) is 0 Å². The summed E-state index contributed by atoms with van der Waals surface area (Å²) in [6, 6.07) is 2.00. The van der Waals surface area contributed by atoms with Crippen LogP contribution in [0.2, 0.25) is 0 Å². The Bertz CT molecular complexity index is 429. The minimum Gasteiger partial charge on any atom is -0.384 e. The maximum Gasteiger partial charge on any atom is 0.0692 e. The molecule has 0 aliphatic rings. The Kier molecular flexibility index (Phi) is 3.87. The number of pyridine rings is 1. The molecule has 0 aliphatic heterocycles. The van der Waals surface area contributed by atoms with Crippen LogP contribution in [0.5, 0.6) is 0 Å². The maximum absolute atomic E-state index is 4.08. The summed E-state index contributed by atoms with van der Waals surface area (Å²) in [6.07, 6.45) is 8.11. The first kappa shape index (κ1) is 11.1. The van der Waals surface area contributed by atoms with Gasteiger partial charge in [-0.1, -0.05) is 5.21 Å². The Labute approximate surface area is 102 Å². The first-order valence-corrected chi connectivity index (χ1v) is 5.82. The van der Waals surface area contributed by atoms with E-state index in [-0.39, 0.29) is 0 Å². The van der Waals surface area contributed by atoms with Crippen molar-refractivity contribution in [3.05, 3.63) is 35.3 Å². The van der Waals surface area contributed by atoms with E-state index < -0.39 is 0 Å². The van der Waals surface area contributed by atoms with Crippen LogP contribution in [-0.4, -0.2) is 26.5 Å². The molecule has 2 heterocycles. The Morgan fingerprint density at radius 3 is 3.06 bits per heavy atom. The summed E-state index contributed by atoms with van der Waals surface area (Å²) in [6.45, 7) is 1.76. The van der Waals surface area contributed by atoms with E-state index in [4.69, 9.17) is 0 Å². The number of hydrogen-bond donors (Lipinski definition) is 1. The molecule has 6 heteroatoms. The van der Waals surface area contributed by atoms with E-state index in [9.17, 15) is 0 Å². The second-order valence-corrected chi connectivity index (χ2v) is 4.25. The molecule has 0 saturated carbocycles. The summed E-state index contributed by atoms with van der Waals surface area (Å²) in [5, 5.41) is 10.9. The zero-order valence-corrected chi connectivity index (χ0v) is 10.3. The lowest BCUT2D eigenvalue weighted by molar-refractivity contribution is 0.570. The van der Waals surface area contributed by atoms with Crippen LogP contribution < -0.4 is 5.32 Å². The molecule has 0 unspecified atom stereocenters. The molecule has 2 aromatic heterocycles. The highest BCUT2D eigenvalue weighted by Crippen LogP contribution is 2.13. The van der Waals surface area contributed by atoms with Gasteiger partial charge in [0.25, 0.3) is 0 Å². The molecule has 0 atom stereocenters. The lowest BCUT2D eigenvalue weighted by Crippen LogP contribution is -2.07. The molecule has 2 rings (SSSR count). The van der Waals surface area contributed by atoms with E-state index in [0.29, 0.717) is 0 Å². The lowest BCUT2D eigenvalue weighted by atomic mass is 10.4. The van der Waals surface area contributed by atoms with Gasteiger partial charge in [-0.2, -0.15) is 0 Å². The molecular formula is C10H12BrN5. The van der Waals surface area contributed by atoms with E-state index in [1.54, 1.807) is 18.6 Å². The van der Waals surface area contributed by atoms with Crippen LogP contribution in [0.15, 0.2) is 35.3 Å². The molecule has 84 valence electrons. The summed E-state index contributed by atoms with van der Waals surface area (Å²) in [4.78, 5) is 4.08. The minimum atomic E-state index is 0.869. The number of nitrogens with zero attached hydrogens (tertiary/aromatic N) is 4. The van der Waals surface area contributed by atoms with E-state index in [2.05, 4.69) is 36.5 Å². The van der Waals surface area contributed by atoms with Gasteiger partial charge >= 0.3 is 0 Å². The third-order valence-corrected chi connectivity index (χ3v) is 2.50. The second-order valence-electron chi connectivity index (χ2n) is 3.34. The quantitative estimate of drug-likeness (QED) is 0.851. The van der Waals surface area contributed by atoms with Crippen molar-refractivity contribution in [2.24, 2.45) is 0 Å². The van der Waals surface area contributed by atoms with Crippen LogP contribution in [-0.2, 0) is 6.54 Å². The van der Waals surface area contributed by atoms with Crippen molar-refractivity contribution in [3.63, 3.8) is 0 Å². The number of halogens is 1. The first-order chi connectivity index (χ1) is 7.84. The summed E-state index contributed by atoms with van der Waals surface area (Å²) < 4.78 is 2.80. The normalized spacial score (nSPS) is 10.3. The Morgan fingerprint density at radius 1 is 1.38 bits per heavy atom. The molecule has 5 nitrogen and oxygen atoms in total. The van der Waals surface area contributed by atoms with E-state index >= 15 is 0 Å². The lowest BCUT2D eigenvalue weighted by Gasteiger charge is -2.05. The van der Waals surface area contributed by atoms with E-state index in [1.807, 2.05) is 16.9 Å². The average molecular weight is 282 g/mol. The second kappa shape index (κ2) is 5.60. The summed E-state index contributed by atoms with van der Waals surface area (Å²) in [5.74, 6) is 0. The van der Waals surface area contributed by atoms with Gasteiger partial charge in [0.1, 0.15) is 0 Å². The fourth-order valence-electron chi connectivity index (χ4n) is 1.33. The molecule has 0 spiro atoms. The number of hydrogen-bond acceptors (Lipinski definition) is 4. The highest BCUT2D eigenvalue weighted by Gasteiger charge is 1.94. The van der Waals surface area contributed by atoms with Gasteiger partial charge in [-0.15, -0.1) is 5.10 Å². The fourth-order valence-corrected chi connectivity index (χ4v) is 1.70. The molecule has 0 fully saturated rings. The van der Waals surface area contributed by atoms with E-state index in [0.717, 1.165) is 29.7 Å². The van der Waals surface area contributed by atoms with Crippen LogP contribution in [0.25, 0.3) is 0 Å². The van der Waals surface area contributed by atoms with E-state index in [1.165, 1.54) is 0 Å². The number of aryl methyl sites for hydroxylation is 1. The SMILES string of the molecule is Brc1cncc(NCCCn2ccnn2)c1. The van der Waals surface area contributed by atoms with Crippen LogP contribution in [0, 0.1) is 0 Å². The summed E-state index contributed by atoms with van der Waals surface area (Å²) in [5.41, 5.74) is 1.02. The molecule has 0 bridgehead atoms. The van der Waals surface area contributed by atoms with Crippen molar-refractivity contribution in [1.82, 2.24) is 20.0 Å². The molecule has 16 heavy (non-hydrogen) atoms. The third-order valence-electron chi connectivity index (χ3n) is 2.07. The highest BCUT2D eigenvalue weighted by molar-refractivity contribution is 9.10. The van der Waals surface area contributed by atoms with Crippen LogP contribution in [0.4, 0.5) is 5.69 Å². The first-order valence-electron chi connectivity index (χ1n) is 5.03. The average Bonchev–Trinajstić information content (AvgIpc) is 2.77. The molecule has 0 radical (unpaired) electrons. The van der Waals surface area contributed by atoms with Gasteiger partial charge in [-0.25, -0.2) is 0 Å². The smallest absolute Gasteiger partial charge is 0.0692 e. The largest absolute Gasteiger partial charge is 0.384 e. The summed E-state index contributed by atoms with van der Waals surface area (Å²) in [7, 11) is 0. The number of anilines is 1. The van der Waals surface area contributed by atoms with Crippen LogP contribution in [0.1, 0.15) is 6.42 Å². The predicted octanol–water partition coefficient (Wildman–Crippen LogP) is 1.94. The van der Waals surface area contributed by atoms with Crippen molar-refractivity contribution >= 4 is 21.6 Å².